The number of ether oxygens (including phenoxy) is 1. The van der Waals surface area contributed by atoms with Crippen molar-refractivity contribution in [1.82, 2.24) is 4.98 Å². The van der Waals surface area contributed by atoms with Crippen molar-refractivity contribution in [1.29, 1.82) is 0 Å². The first kappa shape index (κ1) is 25.6. The van der Waals surface area contributed by atoms with Crippen LogP contribution >= 0.6 is 0 Å². The second-order valence-electron chi connectivity index (χ2n) is 9.63. The molecule has 13 heteroatoms. The number of imide groups is 1. The minimum Gasteiger partial charge on any atom is -0.455 e. The van der Waals surface area contributed by atoms with Gasteiger partial charge in [0.15, 0.2) is 0 Å². The quantitative estimate of drug-likeness (QED) is 0.437. The van der Waals surface area contributed by atoms with E-state index in [9.17, 15) is 36.0 Å². The molecule has 1 aliphatic heterocycles. The summed E-state index contributed by atoms with van der Waals surface area (Å²) in [6, 6.07) is 5.31. The molecule has 1 aromatic carbocycles. The van der Waals surface area contributed by atoms with Gasteiger partial charge in [-0.3, -0.25) is 9.69 Å². The van der Waals surface area contributed by atoms with Crippen LogP contribution < -0.4 is 9.80 Å². The lowest BCUT2D eigenvalue weighted by molar-refractivity contribution is -0.119. The number of carbonyl (C=O) groups is 3. The molecule has 2 heterocycles. The largest absolute Gasteiger partial charge is 0.501 e. The van der Waals surface area contributed by atoms with Crippen LogP contribution in [0.3, 0.4) is 0 Å². The van der Waals surface area contributed by atoms with E-state index in [0.717, 1.165) is 17.0 Å². The van der Waals surface area contributed by atoms with Gasteiger partial charge >= 0.3 is 17.5 Å². The highest BCUT2D eigenvalue weighted by atomic mass is 32.2. The zero-order valence-corrected chi connectivity index (χ0v) is 20.5. The number of sulfone groups is 1. The van der Waals surface area contributed by atoms with Gasteiger partial charge in [0.2, 0.25) is 0 Å². The van der Waals surface area contributed by atoms with Crippen LogP contribution in [0.15, 0.2) is 47.5 Å². The smallest absolute Gasteiger partial charge is 0.455 e. The average molecular weight is 526 g/mol. The molecule has 2 aromatic rings. The van der Waals surface area contributed by atoms with Crippen molar-refractivity contribution >= 4 is 39.1 Å². The molecule has 2 fully saturated rings. The molecule has 9 nitrogen and oxygen atoms in total. The number of rotatable bonds is 4. The van der Waals surface area contributed by atoms with Gasteiger partial charge in [-0.05, 0) is 69.5 Å². The number of urea groups is 1. The first-order valence-corrected chi connectivity index (χ1v) is 12.3. The third-order valence-electron chi connectivity index (χ3n) is 5.95. The Morgan fingerprint density at radius 1 is 1.08 bits per heavy atom. The summed E-state index contributed by atoms with van der Waals surface area (Å²) in [6.45, 7) is 6.81. The summed E-state index contributed by atoms with van der Waals surface area (Å²) >= 11 is 0. The first-order chi connectivity index (χ1) is 16.5. The number of halogens is 3. The van der Waals surface area contributed by atoms with E-state index >= 15 is 0 Å². The number of amides is 3. The summed E-state index contributed by atoms with van der Waals surface area (Å²) < 4.78 is 67.2. The number of nitrogens with zero attached hydrogens (tertiary/aromatic N) is 3. The number of aromatic nitrogens is 1. The van der Waals surface area contributed by atoms with E-state index in [2.05, 4.69) is 4.98 Å². The van der Waals surface area contributed by atoms with Crippen molar-refractivity contribution in [2.75, 3.05) is 9.80 Å². The maximum atomic E-state index is 13.5. The molecule has 1 aliphatic carbocycles. The summed E-state index contributed by atoms with van der Waals surface area (Å²) in [6.07, 6.45) is 1.62. The van der Waals surface area contributed by atoms with Crippen LogP contribution in [-0.4, -0.2) is 48.0 Å². The molecule has 36 heavy (non-hydrogen) atoms. The van der Waals surface area contributed by atoms with Gasteiger partial charge in [-0.2, -0.15) is 13.2 Å². The molecule has 4 rings (SSSR count). The van der Waals surface area contributed by atoms with Crippen molar-refractivity contribution in [2.45, 2.75) is 55.7 Å². The van der Waals surface area contributed by atoms with Gasteiger partial charge in [0.25, 0.3) is 15.7 Å². The fourth-order valence-corrected chi connectivity index (χ4v) is 4.90. The van der Waals surface area contributed by atoms with Crippen molar-refractivity contribution in [3.05, 3.63) is 48.3 Å². The van der Waals surface area contributed by atoms with Crippen LogP contribution in [0.2, 0.25) is 0 Å². The molecule has 192 valence electrons. The number of hydrogen-bond donors (Lipinski definition) is 0. The summed E-state index contributed by atoms with van der Waals surface area (Å²) in [5.41, 5.74) is -7.48. The van der Waals surface area contributed by atoms with E-state index in [4.69, 9.17) is 4.74 Å². The molecule has 1 spiro atoms. The summed E-state index contributed by atoms with van der Waals surface area (Å²) in [5, 5.41) is 0. The summed E-state index contributed by atoms with van der Waals surface area (Å²) in [4.78, 5) is 44.4. The molecular weight excluding hydrogens is 503 g/mol. The lowest BCUT2D eigenvalue weighted by atomic mass is 10.1. The molecule has 0 N–H and O–H groups in total. The molecule has 1 aromatic heterocycles. The predicted molar refractivity (Wildman–Crippen MR) is 121 cm³/mol. The van der Waals surface area contributed by atoms with Crippen molar-refractivity contribution in [3.63, 3.8) is 0 Å². The Kier molecular flexibility index (Phi) is 5.70. The summed E-state index contributed by atoms with van der Waals surface area (Å²) in [7, 11) is -5.59. The number of anilines is 2. The topological polar surface area (TPSA) is 114 Å². The Balaban J connectivity index is 1.70. The molecule has 2 atom stereocenters. The lowest BCUT2D eigenvalue weighted by Crippen LogP contribution is -2.39. The van der Waals surface area contributed by atoms with Crippen molar-refractivity contribution in [3.8, 4) is 0 Å². The third kappa shape index (κ3) is 4.00. The standard InChI is InChI=1S/C23H22F3N3O6S/c1-13-12-22(13)19(31)28(14-5-7-16(8-6-14)36(33,34)23(24,25)26)20(32)29(22)15-9-10-27-17(11-15)18(30)35-21(2,3)4/h5-11,13H,12H2,1-4H3. The number of hydrogen-bond acceptors (Lipinski definition) is 7. The molecule has 2 aliphatic rings. The maximum Gasteiger partial charge on any atom is 0.501 e. The fraction of sp³-hybridized carbons (Fsp3) is 0.391. The number of benzene rings is 1. The number of pyridine rings is 1. The van der Waals surface area contributed by atoms with E-state index in [1.165, 1.54) is 23.2 Å². The SMILES string of the molecule is CC1CC12C(=O)N(c1ccc(S(=O)(=O)C(F)(F)F)cc1)C(=O)N2c1ccnc(C(=O)OC(C)(C)C)c1. The van der Waals surface area contributed by atoms with Crippen LogP contribution in [0.25, 0.3) is 0 Å². The van der Waals surface area contributed by atoms with E-state index in [-0.39, 0.29) is 23.0 Å². The van der Waals surface area contributed by atoms with Gasteiger partial charge in [0.05, 0.1) is 16.3 Å². The highest BCUT2D eigenvalue weighted by Crippen LogP contribution is 2.55. The number of alkyl halides is 3. The van der Waals surface area contributed by atoms with Gasteiger partial charge < -0.3 is 4.74 Å². The number of carbonyl (C=O) groups excluding carboxylic acids is 3. The Labute approximate surface area is 204 Å². The zero-order chi connectivity index (χ0) is 26.8. The van der Waals surface area contributed by atoms with Gasteiger partial charge in [-0.15, -0.1) is 0 Å². The Morgan fingerprint density at radius 2 is 1.67 bits per heavy atom. The molecule has 2 unspecified atom stereocenters. The lowest BCUT2D eigenvalue weighted by Gasteiger charge is -2.23. The van der Waals surface area contributed by atoms with Crippen molar-refractivity contribution in [2.24, 2.45) is 5.92 Å². The van der Waals surface area contributed by atoms with Crippen LogP contribution in [0.5, 0.6) is 0 Å². The van der Waals surface area contributed by atoms with Gasteiger partial charge in [0, 0.05) is 6.20 Å². The van der Waals surface area contributed by atoms with Gasteiger partial charge in [-0.1, -0.05) is 6.92 Å². The fourth-order valence-electron chi connectivity index (χ4n) is 4.14. The maximum absolute atomic E-state index is 13.5. The Hall–Kier alpha value is -3.48. The second-order valence-corrected chi connectivity index (χ2v) is 11.6. The molecular formula is C23H22F3N3O6S. The Morgan fingerprint density at radius 3 is 2.17 bits per heavy atom. The van der Waals surface area contributed by atoms with Crippen molar-refractivity contribution < 1.29 is 40.7 Å². The second kappa shape index (κ2) is 8.02. The minimum absolute atomic E-state index is 0.0775. The molecule has 1 saturated carbocycles. The van der Waals surface area contributed by atoms with Crippen LogP contribution in [-0.2, 0) is 19.4 Å². The third-order valence-corrected chi connectivity index (χ3v) is 7.45. The normalized spacial score (nSPS) is 22.4. The van der Waals surface area contributed by atoms with Crippen LogP contribution in [0, 0.1) is 5.92 Å². The van der Waals surface area contributed by atoms with Crippen LogP contribution in [0.1, 0.15) is 44.6 Å². The molecule has 1 saturated heterocycles. The highest BCUT2D eigenvalue weighted by Gasteiger charge is 2.70. The zero-order valence-electron chi connectivity index (χ0n) is 19.7. The monoisotopic (exact) mass is 525 g/mol. The predicted octanol–water partition coefficient (Wildman–Crippen LogP) is 4.08. The van der Waals surface area contributed by atoms with E-state index < -0.39 is 49.3 Å². The molecule has 0 bridgehead atoms. The minimum atomic E-state index is -5.59. The average Bonchev–Trinajstić information content (AvgIpc) is 3.37. The summed E-state index contributed by atoms with van der Waals surface area (Å²) in [5.74, 6) is -1.58. The van der Waals surface area contributed by atoms with E-state index in [1.807, 2.05) is 0 Å². The van der Waals surface area contributed by atoms with E-state index in [1.54, 1.807) is 27.7 Å². The highest BCUT2D eigenvalue weighted by molar-refractivity contribution is 7.92. The molecule has 0 radical (unpaired) electrons. The van der Waals surface area contributed by atoms with Crippen LogP contribution in [0.4, 0.5) is 29.3 Å². The number of esters is 1. The Bertz CT molecular complexity index is 1370. The molecule has 3 amide bonds. The first-order valence-electron chi connectivity index (χ1n) is 10.8. The van der Waals surface area contributed by atoms with E-state index in [0.29, 0.717) is 18.6 Å². The van der Waals surface area contributed by atoms with Gasteiger partial charge in [-0.25, -0.2) is 27.9 Å². The van der Waals surface area contributed by atoms with Gasteiger partial charge in [0.1, 0.15) is 16.8 Å².